The third-order valence-corrected chi connectivity index (χ3v) is 4.69. The SMILES string of the molecule is C=C/C(=C\C=C/C)C(=O)N1C(C)CN(Cc2ccc(C=O)cc2)CC1C. The lowest BCUT2D eigenvalue weighted by molar-refractivity contribution is -0.134. The summed E-state index contributed by atoms with van der Waals surface area (Å²) in [6.45, 7) is 12.3. The molecule has 1 amide bonds. The Hall–Kier alpha value is -2.46. The number of aldehydes is 1. The fourth-order valence-corrected chi connectivity index (χ4v) is 3.50. The molecule has 2 atom stereocenters. The summed E-state index contributed by atoms with van der Waals surface area (Å²) in [6, 6.07) is 7.91. The maximum Gasteiger partial charge on any atom is 0.254 e. The van der Waals surface area contributed by atoms with Crippen molar-refractivity contribution in [1.29, 1.82) is 0 Å². The van der Waals surface area contributed by atoms with Gasteiger partial charge in [-0.2, -0.15) is 0 Å². The number of hydrogen-bond acceptors (Lipinski definition) is 3. The van der Waals surface area contributed by atoms with Crippen molar-refractivity contribution in [2.24, 2.45) is 0 Å². The second kappa shape index (κ2) is 9.30. The smallest absolute Gasteiger partial charge is 0.254 e. The van der Waals surface area contributed by atoms with Gasteiger partial charge in [0.1, 0.15) is 6.29 Å². The van der Waals surface area contributed by atoms with Gasteiger partial charge in [-0.25, -0.2) is 0 Å². The standard InChI is InChI=1S/C22H28N2O2/c1-5-7-8-21(6-2)22(26)24-17(3)13-23(14-18(24)4)15-19-9-11-20(16-25)12-10-19/h5-12,16-18H,2,13-15H2,1,3-4H3/b7-5-,21-8+. The molecule has 0 aliphatic carbocycles. The van der Waals surface area contributed by atoms with Crippen molar-refractivity contribution in [2.45, 2.75) is 39.4 Å². The number of allylic oxidation sites excluding steroid dienone is 3. The molecule has 1 aromatic rings. The monoisotopic (exact) mass is 352 g/mol. The molecular weight excluding hydrogens is 324 g/mol. The highest BCUT2D eigenvalue weighted by atomic mass is 16.2. The Bertz CT molecular complexity index is 691. The Labute approximate surface area is 156 Å². The molecule has 2 rings (SSSR count). The van der Waals surface area contributed by atoms with E-state index in [1.165, 1.54) is 5.56 Å². The van der Waals surface area contributed by atoms with Crippen LogP contribution in [-0.2, 0) is 11.3 Å². The van der Waals surface area contributed by atoms with Crippen LogP contribution in [0.15, 0.2) is 60.7 Å². The summed E-state index contributed by atoms with van der Waals surface area (Å²) in [5, 5.41) is 0. The van der Waals surface area contributed by atoms with Crippen molar-refractivity contribution in [3.05, 3.63) is 71.8 Å². The maximum atomic E-state index is 12.9. The van der Waals surface area contributed by atoms with E-state index in [1.54, 1.807) is 6.08 Å². The van der Waals surface area contributed by atoms with Gasteiger partial charge in [0.05, 0.1) is 0 Å². The predicted molar refractivity (Wildman–Crippen MR) is 106 cm³/mol. The lowest BCUT2D eigenvalue weighted by Gasteiger charge is -2.44. The molecule has 138 valence electrons. The van der Waals surface area contributed by atoms with Gasteiger partial charge in [-0.1, -0.05) is 49.1 Å². The minimum atomic E-state index is 0.0353. The highest BCUT2D eigenvalue weighted by Gasteiger charge is 2.33. The van der Waals surface area contributed by atoms with Gasteiger partial charge in [-0.3, -0.25) is 14.5 Å². The first-order chi connectivity index (χ1) is 12.5. The number of carbonyl (C=O) groups excluding carboxylic acids is 2. The van der Waals surface area contributed by atoms with Crippen molar-refractivity contribution in [3.63, 3.8) is 0 Å². The Morgan fingerprint density at radius 2 is 1.81 bits per heavy atom. The zero-order chi connectivity index (χ0) is 19.1. The first kappa shape index (κ1) is 19.9. The Kier molecular flexibility index (Phi) is 7.10. The Balaban J connectivity index is 2.06. The molecule has 1 aliphatic heterocycles. The van der Waals surface area contributed by atoms with Crippen molar-refractivity contribution in [1.82, 2.24) is 9.80 Å². The van der Waals surface area contributed by atoms with Gasteiger partial charge in [0, 0.05) is 42.9 Å². The second-order valence-corrected chi connectivity index (χ2v) is 6.82. The van der Waals surface area contributed by atoms with Crippen molar-refractivity contribution >= 4 is 12.2 Å². The summed E-state index contributed by atoms with van der Waals surface area (Å²) < 4.78 is 0. The zero-order valence-corrected chi connectivity index (χ0v) is 15.9. The average molecular weight is 352 g/mol. The molecule has 0 bridgehead atoms. The average Bonchev–Trinajstić information content (AvgIpc) is 2.62. The lowest BCUT2D eigenvalue weighted by atomic mass is 10.0. The fraction of sp³-hybridized carbons (Fsp3) is 0.364. The second-order valence-electron chi connectivity index (χ2n) is 6.82. The third-order valence-electron chi connectivity index (χ3n) is 4.69. The van der Waals surface area contributed by atoms with E-state index in [0.29, 0.717) is 11.1 Å². The third kappa shape index (κ3) is 4.79. The molecule has 2 unspecified atom stereocenters. The number of rotatable bonds is 6. The molecule has 0 aromatic heterocycles. The molecule has 1 heterocycles. The van der Waals surface area contributed by atoms with Crippen molar-refractivity contribution in [2.75, 3.05) is 13.1 Å². The van der Waals surface area contributed by atoms with E-state index < -0.39 is 0 Å². The molecule has 1 saturated heterocycles. The van der Waals surface area contributed by atoms with E-state index in [9.17, 15) is 9.59 Å². The molecular formula is C22H28N2O2. The molecule has 0 saturated carbocycles. The van der Waals surface area contributed by atoms with Gasteiger partial charge >= 0.3 is 0 Å². The topological polar surface area (TPSA) is 40.6 Å². The molecule has 4 heteroatoms. The van der Waals surface area contributed by atoms with E-state index in [-0.39, 0.29) is 18.0 Å². The molecule has 1 aromatic carbocycles. The number of nitrogens with zero attached hydrogens (tertiary/aromatic N) is 2. The van der Waals surface area contributed by atoms with E-state index in [2.05, 4.69) is 25.3 Å². The lowest BCUT2D eigenvalue weighted by Crippen LogP contribution is -2.58. The first-order valence-corrected chi connectivity index (χ1v) is 9.04. The van der Waals surface area contributed by atoms with Crippen LogP contribution in [-0.4, -0.2) is 47.2 Å². The largest absolute Gasteiger partial charge is 0.331 e. The number of piperazine rings is 1. The van der Waals surface area contributed by atoms with Crippen LogP contribution in [0.5, 0.6) is 0 Å². The van der Waals surface area contributed by atoms with Crippen LogP contribution in [0.4, 0.5) is 0 Å². The summed E-state index contributed by atoms with van der Waals surface area (Å²) in [4.78, 5) is 28.0. The minimum Gasteiger partial charge on any atom is -0.331 e. The molecule has 0 spiro atoms. The Morgan fingerprint density at radius 1 is 1.19 bits per heavy atom. The first-order valence-electron chi connectivity index (χ1n) is 9.04. The minimum absolute atomic E-state index is 0.0353. The summed E-state index contributed by atoms with van der Waals surface area (Å²) in [5.41, 5.74) is 2.49. The van der Waals surface area contributed by atoms with E-state index in [0.717, 1.165) is 25.9 Å². The molecule has 0 N–H and O–H groups in total. The van der Waals surface area contributed by atoms with Crippen LogP contribution in [0.2, 0.25) is 0 Å². The number of carbonyl (C=O) groups is 2. The maximum absolute atomic E-state index is 12.9. The molecule has 1 fully saturated rings. The summed E-state index contributed by atoms with van der Waals surface area (Å²) >= 11 is 0. The van der Waals surface area contributed by atoms with Crippen LogP contribution in [0.3, 0.4) is 0 Å². The Morgan fingerprint density at radius 3 is 2.31 bits per heavy atom. The van der Waals surface area contributed by atoms with Gasteiger partial charge in [-0.05, 0) is 32.4 Å². The van der Waals surface area contributed by atoms with Crippen LogP contribution in [0, 0.1) is 0 Å². The van der Waals surface area contributed by atoms with Gasteiger partial charge in [-0.15, -0.1) is 0 Å². The molecule has 26 heavy (non-hydrogen) atoms. The highest BCUT2D eigenvalue weighted by molar-refractivity contribution is 5.96. The predicted octanol–water partition coefficient (Wildman–Crippen LogP) is 3.61. The molecule has 4 nitrogen and oxygen atoms in total. The summed E-state index contributed by atoms with van der Waals surface area (Å²) in [6.07, 6.45) is 8.07. The van der Waals surface area contributed by atoms with Crippen LogP contribution >= 0.6 is 0 Å². The quantitative estimate of drug-likeness (QED) is 0.446. The fourth-order valence-electron chi connectivity index (χ4n) is 3.50. The normalized spacial score (nSPS) is 21.8. The summed E-state index contributed by atoms with van der Waals surface area (Å²) in [7, 11) is 0. The van der Waals surface area contributed by atoms with E-state index in [4.69, 9.17) is 0 Å². The van der Waals surface area contributed by atoms with Gasteiger partial charge in [0.25, 0.3) is 5.91 Å². The van der Waals surface area contributed by atoms with Gasteiger partial charge in [0.2, 0.25) is 0 Å². The van der Waals surface area contributed by atoms with Crippen LogP contribution in [0.1, 0.15) is 36.7 Å². The van der Waals surface area contributed by atoms with Crippen LogP contribution < -0.4 is 0 Å². The number of benzene rings is 1. The van der Waals surface area contributed by atoms with Crippen LogP contribution in [0.25, 0.3) is 0 Å². The molecule has 0 radical (unpaired) electrons. The zero-order valence-electron chi connectivity index (χ0n) is 15.9. The van der Waals surface area contributed by atoms with Crippen molar-refractivity contribution in [3.8, 4) is 0 Å². The van der Waals surface area contributed by atoms with E-state index >= 15 is 0 Å². The van der Waals surface area contributed by atoms with Crippen molar-refractivity contribution < 1.29 is 9.59 Å². The number of amides is 1. The van der Waals surface area contributed by atoms with Gasteiger partial charge in [0.15, 0.2) is 0 Å². The highest BCUT2D eigenvalue weighted by Crippen LogP contribution is 2.21. The summed E-state index contributed by atoms with van der Waals surface area (Å²) in [5.74, 6) is 0.0353. The number of hydrogen-bond donors (Lipinski definition) is 0. The van der Waals surface area contributed by atoms with E-state index in [1.807, 2.05) is 54.3 Å². The van der Waals surface area contributed by atoms with Gasteiger partial charge < -0.3 is 4.90 Å². The molecule has 1 aliphatic rings.